The van der Waals surface area contributed by atoms with E-state index in [1.165, 1.54) is 7.11 Å². The fourth-order valence-corrected chi connectivity index (χ4v) is 2.31. The first-order chi connectivity index (χ1) is 9.93. The number of nitrogens with zero attached hydrogens (tertiary/aromatic N) is 4. The molecule has 0 N–H and O–H groups in total. The lowest BCUT2D eigenvalue weighted by Crippen LogP contribution is -2.16. The second-order valence-electron chi connectivity index (χ2n) is 4.90. The van der Waals surface area contributed by atoms with Gasteiger partial charge in [0.05, 0.1) is 18.7 Å². The zero-order valence-electron chi connectivity index (χ0n) is 12.4. The number of hydrogen-bond acceptors (Lipinski definition) is 5. The van der Waals surface area contributed by atoms with Crippen LogP contribution in [-0.2, 0) is 16.0 Å². The van der Waals surface area contributed by atoms with E-state index in [0.29, 0.717) is 17.4 Å². The van der Waals surface area contributed by atoms with Gasteiger partial charge in [-0.3, -0.25) is 4.79 Å². The quantitative estimate of drug-likeness (QED) is 0.810. The lowest BCUT2D eigenvalue weighted by atomic mass is 10.00. The molecule has 0 aliphatic heterocycles. The molecule has 0 saturated carbocycles. The lowest BCUT2D eigenvalue weighted by Gasteiger charge is -2.09. The van der Waals surface area contributed by atoms with E-state index in [1.54, 1.807) is 16.8 Å². The smallest absolute Gasteiger partial charge is 0.308 e. The van der Waals surface area contributed by atoms with E-state index in [1.807, 2.05) is 20.8 Å². The van der Waals surface area contributed by atoms with Crippen molar-refractivity contribution in [2.45, 2.75) is 27.2 Å². The third kappa shape index (κ3) is 3.21. The van der Waals surface area contributed by atoms with Gasteiger partial charge in [0, 0.05) is 5.69 Å². The summed E-state index contributed by atoms with van der Waals surface area (Å²) in [6.45, 7) is 5.69. The first-order valence-electron chi connectivity index (χ1n) is 6.56. The van der Waals surface area contributed by atoms with Crippen molar-refractivity contribution in [3.05, 3.63) is 34.2 Å². The Balaban J connectivity index is 2.33. The van der Waals surface area contributed by atoms with Gasteiger partial charge in [-0.2, -0.15) is 5.10 Å². The third-order valence-electron chi connectivity index (χ3n) is 3.39. The Labute approximate surface area is 128 Å². The molecule has 1 atom stereocenters. The molecular weight excluding hydrogens is 292 g/mol. The van der Waals surface area contributed by atoms with Crippen LogP contribution in [0, 0.1) is 19.8 Å². The molecule has 0 amide bonds. The summed E-state index contributed by atoms with van der Waals surface area (Å²) in [5.74, 6) is 0.145. The van der Waals surface area contributed by atoms with Gasteiger partial charge >= 0.3 is 5.97 Å². The standard InChI is InChI=1S/C14H17ClN4O2/c1-8(14(20)21-4)7-11-9(2)18-19(10(11)3)13-6-5-12(15)16-17-13/h5-6,8H,7H2,1-4H3. The van der Waals surface area contributed by atoms with E-state index in [-0.39, 0.29) is 11.9 Å². The van der Waals surface area contributed by atoms with Gasteiger partial charge in [-0.1, -0.05) is 18.5 Å². The number of hydrogen-bond donors (Lipinski definition) is 0. The monoisotopic (exact) mass is 308 g/mol. The number of carbonyl (C=O) groups is 1. The molecule has 21 heavy (non-hydrogen) atoms. The molecule has 6 nitrogen and oxygen atoms in total. The second kappa shape index (κ2) is 6.22. The average Bonchev–Trinajstić information content (AvgIpc) is 2.75. The summed E-state index contributed by atoms with van der Waals surface area (Å²) in [5.41, 5.74) is 2.81. The minimum atomic E-state index is -0.229. The van der Waals surface area contributed by atoms with Crippen LogP contribution in [0.3, 0.4) is 0 Å². The van der Waals surface area contributed by atoms with Gasteiger partial charge in [0.1, 0.15) is 0 Å². The van der Waals surface area contributed by atoms with Crippen LogP contribution in [0.25, 0.3) is 5.82 Å². The molecule has 0 bridgehead atoms. The lowest BCUT2D eigenvalue weighted by molar-refractivity contribution is -0.144. The zero-order chi connectivity index (χ0) is 15.6. The minimum absolute atomic E-state index is 0.221. The second-order valence-corrected chi connectivity index (χ2v) is 5.29. The topological polar surface area (TPSA) is 69.9 Å². The molecule has 0 radical (unpaired) electrons. The summed E-state index contributed by atoms with van der Waals surface area (Å²) in [6.07, 6.45) is 0.575. The van der Waals surface area contributed by atoms with E-state index in [4.69, 9.17) is 16.3 Å². The van der Waals surface area contributed by atoms with Gasteiger partial charge in [0.25, 0.3) is 0 Å². The van der Waals surface area contributed by atoms with Crippen molar-refractivity contribution in [3.8, 4) is 5.82 Å². The maximum atomic E-state index is 11.6. The van der Waals surface area contributed by atoms with Gasteiger partial charge in [0.2, 0.25) is 0 Å². The Morgan fingerprint density at radius 3 is 2.67 bits per heavy atom. The van der Waals surface area contributed by atoms with Crippen molar-refractivity contribution in [2.75, 3.05) is 7.11 Å². The molecule has 1 unspecified atom stereocenters. The molecule has 0 aliphatic carbocycles. The molecule has 2 rings (SSSR count). The number of methoxy groups -OCH3 is 1. The molecule has 0 aliphatic rings. The fraction of sp³-hybridized carbons (Fsp3) is 0.429. The van der Waals surface area contributed by atoms with Crippen molar-refractivity contribution < 1.29 is 9.53 Å². The maximum Gasteiger partial charge on any atom is 0.308 e. The summed E-state index contributed by atoms with van der Waals surface area (Å²) in [4.78, 5) is 11.6. The molecule has 2 aromatic rings. The molecule has 2 aromatic heterocycles. The van der Waals surface area contributed by atoms with Crippen LogP contribution in [0.5, 0.6) is 0 Å². The minimum Gasteiger partial charge on any atom is -0.469 e. The molecule has 112 valence electrons. The van der Waals surface area contributed by atoms with Crippen LogP contribution < -0.4 is 0 Å². The number of halogens is 1. The van der Waals surface area contributed by atoms with Crippen LogP contribution in [0.4, 0.5) is 0 Å². The molecule has 2 heterocycles. The number of aromatic nitrogens is 4. The predicted molar refractivity (Wildman–Crippen MR) is 78.5 cm³/mol. The number of esters is 1. The van der Waals surface area contributed by atoms with Crippen LogP contribution in [0.1, 0.15) is 23.9 Å². The summed E-state index contributed by atoms with van der Waals surface area (Å²) in [6, 6.07) is 3.42. The van der Waals surface area contributed by atoms with Crippen LogP contribution in [-0.4, -0.2) is 33.1 Å². The molecule has 0 fully saturated rings. The van der Waals surface area contributed by atoms with Gasteiger partial charge in [-0.25, -0.2) is 4.68 Å². The van der Waals surface area contributed by atoms with E-state index in [9.17, 15) is 4.79 Å². The SMILES string of the molecule is COC(=O)C(C)Cc1c(C)nn(-c2ccc(Cl)nn2)c1C. The van der Waals surface area contributed by atoms with E-state index in [0.717, 1.165) is 17.0 Å². The Hall–Kier alpha value is -1.95. The van der Waals surface area contributed by atoms with Crippen LogP contribution in [0.2, 0.25) is 5.15 Å². The molecule has 0 aromatic carbocycles. The van der Waals surface area contributed by atoms with Crippen molar-refractivity contribution in [2.24, 2.45) is 5.92 Å². The molecule has 0 saturated heterocycles. The number of ether oxygens (including phenoxy) is 1. The highest BCUT2D eigenvalue weighted by atomic mass is 35.5. The van der Waals surface area contributed by atoms with Crippen molar-refractivity contribution in [3.63, 3.8) is 0 Å². The molecule has 0 spiro atoms. The zero-order valence-corrected chi connectivity index (χ0v) is 13.2. The first kappa shape index (κ1) is 15.4. The van der Waals surface area contributed by atoms with Crippen LogP contribution in [0.15, 0.2) is 12.1 Å². The van der Waals surface area contributed by atoms with Crippen molar-refractivity contribution in [1.82, 2.24) is 20.0 Å². The van der Waals surface area contributed by atoms with Gasteiger partial charge in [-0.05, 0) is 38.0 Å². The summed E-state index contributed by atoms with van der Waals surface area (Å²) in [5, 5.41) is 12.6. The molecular formula is C14H17ClN4O2. The van der Waals surface area contributed by atoms with Crippen molar-refractivity contribution >= 4 is 17.6 Å². The fourth-order valence-electron chi connectivity index (χ4n) is 2.21. The highest BCUT2D eigenvalue weighted by Crippen LogP contribution is 2.20. The van der Waals surface area contributed by atoms with E-state index < -0.39 is 0 Å². The van der Waals surface area contributed by atoms with E-state index in [2.05, 4.69) is 15.3 Å². The summed E-state index contributed by atoms with van der Waals surface area (Å²) >= 11 is 5.74. The average molecular weight is 309 g/mol. The molecule has 7 heteroatoms. The third-order valence-corrected chi connectivity index (χ3v) is 3.59. The Bertz CT molecular complexity index is 652. The summed E-state index contributed by atoms with van der Waals surface area (Å²) < 4.78 is 6.47. The maximum absolute atomic E-state index is 11.6. The van der Waals surface area contributed by atoms with Crippen LogP contribution >= 0.6 is 11.6 Å². The van der Waals surface area contributed by atoms with Crippen molar-refractivity contribution in [1.29, 1.82) is 0 Å². The van der Waals surface area contributed by atoms with Gasteiger partial charge in [0.15, 0.2) is 11.0 Å². The Morgan fingerprint density at radius 2 is 2.10 bits per heavy atom. The van der Waals surface area contributed by atoms with E-state index >= 15 is 0 Å². The van der Waals surface area contributed by atoms with Gasteiger partial charge < -0.3 is 4.74 Å². The Morgan fingerprint density at radius 1 is 1.38 bits per heavy atom. The van der Waals surface area contributed by atoms with Gasteiger partial charge in [-0.15, -0.1) is 10.2 Å². The Kier molecular flexibility index (Phi) is 4.57. The summed E-state index contributed by atoms with van der Waals surface area (Å²) in [7, 11) is 1.39. The predicted octanol–water partition coefficient (Wildman–Crippen LogP) is 2.28. The normalized spacial score (nSPS) is 12.2. The largest absolute Gasteiger partial charge is 0.469 e. The number of aryl methyl sites for hydroxylation is 1. The highest BCUT2D eigenvalue weighted by molar-refractivity contribution is 6.29. The first-order valence-corrected chi connectivity index (χ1v) is 6.94. The highest BCUT2D eigenvalue weighted by Gasteiger charge is 2.20. The number of rotatable bonds is 4. The number of carbonyl (C=O) groups excluding carboxylic acids is 1.